The molecule has 0 aliphatic rings. The van der Waals surface area contributed by atoms with Crippen LogP contribution in [0.2, 0.25) is 0 Å². The highest BCUT2D eigenvalue weighted by atomic mass is 35.5. The number of fused-ring (bicyclic) bond motifs is 1. The monoisotopic (exact) mass is 408 g/mol. The Morgan fingerprint density at radius 3 is 2.67 bits per heavy atom. The number of carbonyl (C=O) groups is 1. The Morgan fingerprint density at radius 2 is 1.89 bits per heavy atom. The summed E-state index contributed by atoms with van der Waals surface area (Å²) in [7, 11) is 0. The standard InChI is InChI=1S/C20H24N4O.2ClH/c1-2-6-17(21)20(25)22-12-15-7-5-8-16(11-15)13-24-14-23-18-9-3-4-10-19(18)24;;/h3-5,7-11,14,17H,2,6,12-13,21H2,1H3,(H,22,25);2*1H. The first kappa shape index (κ1) is 23.0. The topological polar surface area (TPSA) is 72.9 Å². The van der Waals surface area contributed by atoms with Crippen molar-refractivity contribution in [2.45, 2.75) is 38.9 Å². The van der Waals surface area contributed by atoms with Crippen LogP contribution < -0.4 is 11.1 Å². The maximum atomic E-state index is 11.9. The minimum absolute atomic E-state index is 0. The van der Waals surface area contributed by atoms with Gasteiger partial charge in [0, 0.05) is 13.1 Å². The quantitative estimate of drug-likeness (QED) is 0.626. The van der Waals surface area contributed by atoms with Crippen molar-refractivity contribution in [3.8, 4) is 0 Å². The first-order valence-electron chi connectivity index (χ1n) is 8.68. The molecule has 3 aromatic rings. The van der Waals surface area contributed by atoms with Gasteiger partial charge in [0.15, 0.2) is 0 Å². The summed E-state index contributed by atoms with van der Waals surface area (Å²) >= 11 is 0. The number of aromatic nitrogens is 2. The van der Waals surface area contributed by atoms with Crippen LogP contribution in [0.15, 0.2) is 54.9 Å². The molecule has 1 unspecified atom stereocenters. The number of halogens is 2. The molecule has 0 spiro atoms. The number of rotatable bonds is 7. The van der Waals surface area contributed by atoms with Gasteiger partial charge >= 0.3 is 0 Å². The third kappa shape index (κ3) is 5.96. The summed E-state index contributed by atoms with van der Waals surface area (Å²) in [5.74, 6) is -0.0899. The van der Waals surface area contributed by atoms with E-state index >= 15 is 0 Å². The second-order valence-electron chi connectivity index (χ2n) is 6.29. The van der Waals surface area contributed by atoms with Gasteiger partial charge in [-0.3, -0.25) is 4.79 Å². The molecule has 1 amide bonds. The number of para-hydroxylation sites is 2. The summed E-state index contributed by atoms with van der Waals surface area (Å²) in [5.41, 5.74) is 10.2. The van der Waals surface area contributed by atoms with Crippen molar-refractivity contribution in [1.29, 1.82) is 0 Å². The lowest BCUT2D eigenvalue weighted by molar-refractivity contribution is -0.122. The van der Waals surface area contributed by atoms with Gasteiger partial charge in [0.1, 0.15) is 0 Å². The van der Waals surface area contributed by atoms with E-state index in [9.17, 15) is 4.79 Å². The van der Waals surface area contributed by atoms with E-state index in [0.29, 0.717) is 13.0 Å². The molecular weight excluding hydrogens is 383 g/mol. The van der Waals surface area contributed by atoms with E-state index in [4.69, 9.17) is 5.73 Å². The highest BCUT2D eigenvalue weighted by molar-refractivity contribution is 5.85. The summed E-state index contributed by atoms with van der Waals surface area (Å²) in [6, 6.07) is 15.9. The van der Waals surface area contributed by atoms with Crippen LogP contribution in [0.3, 0.4) is 0 Å². The van der Waals surface area contributed by atoms with Gasteiger partial charge in [-0.25, -0.2) is 4.98 Å². The van der Waals surface area contributed by atoms with E-state index in [2.05, 4.69) is 33.1 Å². The predicted molar refractivity (Wildman–Crippen MR) is 115 cm³/mol. The average Bonchev–Trinajstić information content (AvgIpc) is 3.03. The lowest BCUT2D eigenvalue weighted by Crippen LogP contribution is -2.40. The molecule has 1 atom stereocenters. The average molecular weight is 409 g/mol. The van der Waals surface area contributed by atoms with Gasteiger partial charge in [-0.2, -0.15) is 0 Å². The molecule has 2 aromatic carbocycles. The minimum Gasteiger partial charge on any atom is -0.351 e. The number of hydrogen-bond donors (Lipinski definition) is 2. The summed E-state index contributed by atoms with van der Waals surface area (Å²) in [4.78, 5) is 16.4. The molecule has 7 heteroatoms. The molecule has 0 radical (unpaired) electrons. The van der Waals surface area contributed by atoms with Crippen molar-refractivity contribution in [3.63, 3.8) is 0 Å². The zero-order valence-corrected chi connectivity index (χ0v) is 16.9. The molecule has 0 saturated heterocycles. The van der Waals surface area contributed by atoms with Gasteiger partial charge < -0.3 is 15.6 Å². The van der Waals surface area contributed by atoms with Crippen molar-refractivity contribution >= 4 is 41.8 Å². The first-order chi connectivity index (χ1) is 12.2. The van der Waals surface area contributed by atoms with Gasteiger partial charge in [0.2, 0.25) is 5.91 Å². The van der Waals surface area contributed by atoms with Crippen molar-refractivity contribution in [2.75, 3.05) is 0 Å². The summed E-state index contributed by atoms with van der Waals surface area (Å²) < 4.78 is 2.13. The molecule has 0 aliphatic heterocycles. The zero-order valence-electron chi connectivity index (χ0n) is 15.3. The number of nitrogens with zero attached hydrogens (tertiary/aromatic N) is 2. The molecular formula is C20H26Cl2N4O. The fourth-order valence-corrected chi connectivity index (χ4v) is 2.93. The van der Waals surface area contributed by atoms with E-state index in [1.165, 1.54) is 5.56 Å². The molecule has 3 rings (SSSR count). The fraction of sp³-hybridized carbons (Fsp3) is 0.300. The lowest BCUT2D eigenvalue weighted by Gasteiger charge is -2.12. The summed E-state index contributed by atoms with van der Waals surface area (Å²) in [5, 5.41) is 2.92. The molecule has 27 heavy (non-hydrogen) atoms. The number of amides is 1. The molecule has 3 N–H and O–H groups in total. The Balaban J connectivity index is 0.00000182. The van der Waals surface area contributed by atoms with Gasteiger partial charge in [0.05, 0.1) is 23.4 Å². The van der Waals surface area contributed by atoms with Crippen molar-refractivity contribution in [2.24, 2.45) is 5.73 Å². The van der Waals surface area contributed by atoms with E-state index in [-0.39, 0.29) is 30.7 Å². The molecule has 1 heterocycles. The van der Waals surface area contributed by atoms with Crippen LogP contribution in [0, 0.1) is 0 Å². The van der Waals surface area contributed by atoms with Gasteiger partial charge in [-0.15, -0.1) is 24.8 Å². The van der Waals surface area contributed by atoms with Gasteiger partial charge in [-0.1, -0.05) is 49.7 Å². The lowest BCUT2D eigenvalue weighted by atomic mass is 10.1. The SMILES string of the molecule is CCCC(N)C(=O)NCc1cccc(Cn2cnc3ccccc32)c1.Cl.Cl. The van der Waals surface area contributed by atoms with Crippen LogP contribution in [0.4, 0.5) is 0 Å². The number of hydrogen-bond acceptors (Lipinski definition) is 3. The Morgan fingerprint density at radius 1 is 1.15 bits per heavy atom. The van der Waals surface area contributed by atoms with Gasteiger partial charge in [0.25, 0.3) is 0 Å². The van der Waals surface area contributed by atoms with Crippen molar-refractivity contribution < 1.29 is 4.79 Å². The summed E-state index contributed by atoms with van der Waals surface area (Å²) in [6.45, 7) is 3.27. The van der Waals surface area contributed by atoms with Crippen molar-refractivity contribution in [1.82, 2.24) is 14.9 Å². The summed E-state index contributed by atoms with van der Waals surface area (Å²) in [6.07, 6.45) is 3.48. The number of benzene rings is 2. The largest absolute Gasteiger partial charge is 0.351 e. The minimum atomic E-state index is -0.425. The smallest absolute Gasteiger partial charge is 0.237 e. The molecule has 0 bridgehead atoms. The maximum absolute atomic E-state index is 11.9. The molecule has 0 aliphatic carbocycles. The van der Waals surface area contributed by atoms with E-state index in [0.717, 1.165) is 29.6 Å². The van der Waals surface area contributed by atoms with E-state index in [1.54, 1.807) is 0 Å². The van der Waals surface area contributed by atoms with Gasteiger partial charge in [-0.05, 0) is 29.7 Å². The van der Waals surface area contributed by atoms with Crippen LogP contribution in [-0.2, 0) is 17.9 Å². The molecule has 5 nitrogen and oxygen atoms in total. The third-order valence-corrected chi connectivity index (χ3v) is 4.27. The first-order valence-corrected chi connectivity index (χ1v) is 8.68. The third-order valence-electron chi connectivity index (χ3n) is 4.27. The second-order valence-corrected chi connectivity index (χ2v) is 6.29. The van der Waals surface area contributed by atoms with E-state index in [1.807, 2.05) is 43.6 Å². The van der Waals surface area contributed by atoms with Crippen LogP contribution >= 0.6 is 24.8 Å². The zero-order chi connectivity index (χ0) is 17.6. The van der Waals surface area contributed by atoms with E-state index < -0.39 is 6.04 Å². The van der Waals surface area contributed by atoms with Crippen LogP contribution in [0.1, 0.15) is 30.9 Å². The number of nitrogens with one attached hydrogen (secondary N) is 1. The number of imidazole rings is 1. The van der Waals surface area contributed by atoms with Crippen LogP contribution in [0.25, 0.3) is 11.0 Å². The predicted octanol–water partition coefficient (Wildman–Crippen LogP) is 3.67. The Bertz CT molecular complexity index is 866. The number of carbonyl (C=O) groups excluding carboxylic acids is 1. The van der Waals surface area contributed by atoms with Crippen molar-refractivity contribution in [3.05, 3.63) is 66.0 Å². The number of nitrogens with two attached hydrogens (primary N) is 1. The molecule has 146 valence electrons. The fourth-order valence-electron chi connectivity index (χ4n) is 2.93. The highest BCUT2D eigenvalue weighted by Crippen LogP contribution is 2.15. The second kappa shape index (κ2) is 10.9. The molecule has 0 fully saturated rings. The molecule has 1 aromatic heterocycles. The highest BCUT2D eigenvalue weighted by Gasteiger charge is 2.11. The Labute approximate surface area is 172 Å². The Hall–Kier alpha value is -2.08. The Kier molecular flexibility index (Phi) is 9.29. The maximum Gasteiger partial charge on any atom is 0.237 e. The normalized spacial score (nSPS) is 11.3. The van der Waals surface area contributed by atoms with Crippen LogP contribution in [-0.4, -0.2) is 21.5 Å². The van der Waals surface area contributed by atoms with Crippen LogP contribution in [0.5, 0.6) is 0 Å². The molecule has 0 saturated carbocycles.